The highest BCUT2D eigenvalue weighted by Gasteiger charge is 2.49. The molecule has 3 aliphatic rings. The lowest BCUT2D eigenvalue weighted by Crippen LogP contribution is -2.58. The van der Waals surface area contributed by atoms with Gasteiger partial charge in [0.05, 0.1) is 11.5 Å². The Hall–Kier alpha value is -2.65. The molecule has 1 aromatic carbocycles. The van der Waals surface area contributed by atoms with Gasteiger partial charge in [0, 0.05) is 32.2 Å². The molecule has 0 radical (unpaired) electrons. The zero-order chi connectivity index (χ0) is 28.0. The average molecular weight is 540 g/mol. The van der Waals surface area contributed by atoms with Crippen LogP contribution in [0, 0.1) is 17.2 Å². The van der Waals surface area contributed by atoms with Gasteiger partial charge in [0.15, 0.2) is 5.96 Å². The maximum atomic E-state index is 14.0. The van der Waals surface area contributed by atoms with Crippen molar-refractivity contribution in [2.75, 3.05) is 32.7 Å². The second kappa shape index (κ2) is 13.1. The van der Waals surface area contributed by atoms with Crippen molar-refractivity contribution in [3.63, 3.8) is 0 Å². The van der Waals surface area contributed by atoms with Gasteiger partial charge >= 0.3 is 0 Å². The lowest BCUT2D eigenvalue weighted by molar-refractivity contribution is -0.142. The van der Waals surface area contributed by atoms with Gasteiger partial charge in [-0.1, -0.05) is 38.1 Å². The number of likely N-dealkylation sites (tertiary alicyclic amines) is 1. The number of benzene rings is 1. The van der Waals surface area contributed by atoms with Crippen molar-refractivity contribution >= 4 is 17.8 Å². The van der Waals surface area contributed by atoms with Crippen LogP contribution in [0.1, 0.15) is 76.3 Å². The molecule has 1 saturated heterocycles. The molecule has 1 saturated carbocycles. The number of hydrogen-bond acceptors (Lipinski definition) is 5. The summed E-state index contributed by atoms with van der Waals surface area (Å²) >= 11 is 0. The monoisotopic (exact) mass is 539 g/mol. The van der Waals surface area contributed by atoms with Gasteiger partial charge in [0.2, 0.25) is 11.8 Å². The molecule has 1 aromatic rings. The predicted octanol–water partition coefficient (Wildman–Crippen LogP) is 2.28. The Labute approximate surface area is 233 Å². The average Bonchev–Trinajstić information content (AvgIpc) is 2.94. The van der Waals surface area contributed by atoms with Crippen LogP contribution in [0.5, 0.6) is 0 Å². The van der Waals surface area contributed by atoms with Crippen molar-refractivity contribution in [2.45, 2.75) is 89.3 Å². The normalized spacial score (nSPS) is 23.9. The molecule has 7 N–H and O–H groups in total. The van der Waals surface area contributed by atoms with Crippen molar-refractivity contribution < 1.29 is 9.59 Å². The van der Waals surface area contributed by atoms with Crippen molar-refractivity contribution in [1.29, 1.82) is 5.41 Å². The molecule has 4 rings (SSSR count). The molecule has 2 amide bonds. The third-order valence-electron chi connectivity index (χ3n) is 9.47. The van der Waals surface area contributed by atoms with Gasteiger partial charge in [-0.3, -0.25) is 15.0 Å². The quantitative estimate of drug-likeness (QED) is 0.176. The molecular weight excluding hydrogens is 490 g/mol. The molecule has 1 atom stereocenters. The number of nitrogens with one attached hydrogen (secondary N) is 3. The molecule has 9 heteroatoms. The largest absolute Gasteiger partial charge is 0.370 e. The van der Waals surface area contributed by atoms with Crippen LogP contribution >= 0.6 is 0 Å². The first-order valence-electron chi connectivity index (χ1n) is 14.9. The first-order chi connectivity index (χ1) is 18.7. The second-order valence-electron chi connectivity index (χ2n) is 12.2. The van der Waals surface area contributed by atoms with E-state index >= 15 is 0 Å². The molecule has 0 bridgehead atoms. The molecule has 2 aliphatic heterocycles. The number of guanidine groups is 1. The Balaban J connectivity index is 1.33. The Bertz CT molecular complexity index is 997. The van der Waals surface area contributed by atoms with Crippen molar-refractivity contribution in [3.8, 4) is 0 Å². The van der Waals surface area contributed by atoms with Crippen LogP contribution in [0.3, 0.4) is 0 Å². The van der Waals surface area contributed by atoms with E-state index in [1.165, 1.54) is 36.8 Å². The van der Waals surface area contributed by atoms with E-state index in [2.05, 4.69) is 53.6 Å². The highest BCUT2D eigenvalue weighted by atomic mass is 16.2. The fraction of sp³-hybridized carbons (Fsp3) is 0.700. The van der Waals surface area contributed by atoms with Gasteiger partial charge in [0.1, 0.15) is 0 Å². The number of nitrogens with two attached hydrogens (primary N) is 2. The molecule has 9 nitrogen and oxygen atoms in total. The lowest BCUT2D eigenvalue weighted by atomic mass is 9.67. The fourth-order valence-electron chi connectivity index (χ4n) is 7.01. The van der Waals surface area contributed by atoms with E-state index in [-0.39, 0.29) is 17.8 Å². The van der Waals surface area contributed by atoms with E-state index in [1.807, 2.05) is 4.90 Å². The molecule has 0 aromatic heterocycles. The van der Waals surface area contributed by atoms with Crippen molar-refractivity contribution in [3.05, 3.63) is 35.4 Å². The van der Waals surface area contributed by atoms with Crippen LogP contribution in [0.2, 0.25) is 0 Å². The Morgan fingerprint density at radius 2 is 1.79 bits per heavy atom. The summed E-state index contributed by atoms with van der Waals surface area (Å²) in [4.78, 5) is 31.1. The van der Waals surface area contributed by atoms with E-state index in [0.29, 0.717) is 45.1 Å². The summed E-state index contributed by atoms with van der Waals surface area (Å²) in [6, 6.07) is 8.47. The minimum Gasteiger partial charge on any atom is -0.370 e. The topological polar surface area (TPSA) is 141 Å². The summed E-state index contributed by atoms with van der Waals surface area (Å²) in [5, 5.41) is 12.8. The van der Waals surface area contributed by atoms with Gasteiger partial charge in [-0.25, -0.2) is 0 Å². The van der Waals surface area contributed by atoms with E-state index in [1.54, 1.807) is 0 Å². The SMILES string of the molecule is CC(C)[C@H]1CC[C@@H](N2CCC3(CC2)C(=O)N(CCNC(=O)C(N)CCCNC(=N)N)Cc2ccccc23)CC1. The molecule has 2 fully saturated rings. The molecule has 2 heterocycles. The van der Waals surface area contributed by atoms with Crippen LogP contribution in [-0.4, -0.2) is 72.4 Å². The Morgan fingerprint density at radius 3 is 2.46 bits per heavy atom. The van der Waals surface area contributed by atoms with E-state index in [4.69, 9.17) is 16.9 Å². The number of carbonyl (C=O) groups excluding carboxylic acids is 2. The maximum absolute atomic E-state index is 14.0. The van der Waals surface area contributed by atoms with Gasteiger partial charge < -0.3 is 31.9 Å². The summed E-state index contributed by atoms with van der Waals surface area (Å²) in [7, 11) is 0. The highest BCUT2D eigenvalue weighted by Crippen LogP contribution is 2.44. The van der Waals surface area contributed by atoms with E-state index in [0.717, 1.165) is 37.8 Å². The zero-order valence-electron chi connectivity index (χ0n) is 23.9. The Kier molecular flexibility index (Phi) is 9.88. The molecule has 39 heavy (non-hydrogen) atoms. The number of fused-ring (bicyclic) bond motifs is 2. The molecule has 1 unspecified atom stereocenters. The van der Waals surface area contributed by atoms with Gasteiger partial charge in [-0.05, 0) is 87.4 Å². The second-order valence-corrected chi connectivity index (χ2v) is 12.2. The van der Waals surface area contributed by atoms with Crippen LogP contribution in [0.25, 0.3) is 0 Å². The minimum atomic E-state index is -0.622. The van der Waals surface area contributed by atoms with E-state index in [9.17, 15) is 9.59 Å². The summed E-state index contributed by atoms with van der Waals surface area (Å²) < 4.78 is 0. The number of nitrogens with zero attached hydrogens (tertiary/aromatic N) is 2. The van der Waals surface area contributed by atoms with Crippen LogP contribution < -0.4 is 22.1 Å². The first kappa shape index (κ1) is 29.3. The Morgan fingerprint density at radius 1 is 1.10 bits per heavy atom. The standard InChI is InChI=1S/C30H49N7O2/c1-21(2)22-9-11-24(12-10-22)36-17-13-30(14-18-36)25-7-4-3-6-23(25)20-37(28(30)39)19-16-34-27(38)26(31)8-5-15-35-29(32)33/h3-4,6-7,21-22,24,26H,5,8-20,31H2,1-2H3,(H,34,38)(H4,32,33,35)/t22-,24+,26?. The van der Waals surface area contributed by atoms with E-state index < -0.39 is 11.5 Å². The zero-order valence-corrected chi connectivity index (χ0v) is 23.9. The first-order valence-corrected chi connectivity index (χ1v) is 14.9. The number of piperidine rings is 1. The number of rotatable bonds is 10. The number of amides is 2. The summed E-state index contributed by atoms with van der Waals surface area (Å²) in [5.41, 5.74) is 13.3. The summed E-state index contributed by atoms with van der Waals surface area (Å²) in [6.07, 6.45) is 8.07. The maximum Gasteiger partial charge on any atom is 0.236 e. The number of hydrogen-bond donors (Lipinski definition) is 5. The molecular formula is C30H49N7O2. The summed E-state index contributed by atoms with van der Waals surface area (Å²) in [5.74, 6) is 1.54. The van der Waals surface area contributed by atoms with Crippen LogP contribution in [0.4, 0.5) is 0 Å². The van der Waals surface area contributed by atoms with Crippen molar-refractivity contribution in [2.24, 2.45) is 23.3 Å². The molecule has 1 spiro atoms. The summed E-state index contributed by atoms with van der Waals surface area (Å²) in [6.45, 7) is 8.59. The van der Waals surface area contributed by atoms with Crippen LogP contribution in [0.15, 0.2) is 24.3 Å². The highest BCUT2D eigenvalue weighted by molar-refractivity contribution is 5.90. The van der Waals surface area contributed by atoms with Crippen molar-refractivity contribution in [1.82, 2.24) is 20.4 Å². The third kappa shape index (κ3) is 6.92. The lowest BCUT2D eigenvalue weighted by Gasteiger charge is -2.49. The van der Waals surface area contributed by atoms with Gasteiger partial charge in [-0.2, -0.15) is 0 Å². The van der Waals surface area contributed by atoms with Crippen LogP contribution in [-0.2, 0) is 21.5 Å². The minimum absolute atomic E-state index is 0.0852. The number of carbonyl (C=O) groups is 2. The third-order valence-corrected chi connectivity index (χ3v) is 9.47. The van der Waals surface area contributed by atoms with Gasteiger partial charge in [-0.15, -0.1) is 0 Å². The van der Waals surface area contributed by atoms with Gasteiger partial charge in [0.25, 0.3) is 0 Å². The molecule has 1 aliphatic carbocycles. The smallest absolute Gasteiger partial charge is 0.236 e. The molecule has 216 valence electrons. The predicted molar refractivity (Wildman–Crippen MR) is 155 cm³/mol. The fourth-order valence-corrected chi connectivity index (χ4v) is 7.01.